The summed E-state index contributed by atoms with van der Waals surface area (Å²) in [6.07, 6.45) is 4.11. The van der Waals surface area contributed by atoms with E-state index in [2.05, 4.69) is 19.8 Å². The molecule has 2 heterocycles. The highest BCUT2D eigenvalue weighted by molar-refractivity contribution is 5.92. The topological polar surface area (TPSA) is 116 Å². The number of H-pyrrole nitrogens is 1. The highest BCUT2D eigenvalue weighted by Gasteiger charge is 2.17. The van der Waals surface area contributed by atoms with Crippen LogP contribution in [0.3, 0.4) is 0 Å². The minimum Gasteiger partial charge on any atom is -0.464 e. The third-order valence-corrected chi connectivity index (χ3v) is 2.03. The van der Waals surface area contributed by atoms with Crippen molar-refractivity contribution < 1.29 is 9.53 Å². The van der Waals surface area contributed by atoms with Crippen molar-refractivity contribution in [1.29, 1.82) is 0 Å². The third kappa shape index (κ3) is 1.87. The quantitative estimate of drug-likeness (QED) is 0.666. The summed E-state index contributed by atoms with van der Waals surface area (Å²) in [6.45, 7) is 0. The lowest BCUT2D eigenvalue weighted by Crippen LogP contribution is -2.16. The molecule has 88 valence electrons. The van der Waals surface area contributed by atoms with Crippen LogP contribution in [-0.4, -0.2) is 32.8 Å². The zero-order valence-electron chi connectivity index (χ0n) is 8.88. The van der Waals surface area contributed by atoms with E-state index in [1.807, 2.05) is 0 Å². The molecule has 0 bridgehead atoms. The Morgan fingerprint density at radius 2 is 2.35 bits per heavy atom. The van der Waals surface area contributed by atoms with Crippen LogP contribution < -0.4 is 11.3 Å². The van der Waals surface area contributed by atoms with Gasteiger partial charge in [-0.1, -0.05) is 0 Å². The Morgan fingerprint density at radius 3 is 3.00 bits per heavy atom. The van der Waals surface area contributed by atoms with Gasteiger partial charge in [0, 0.05) is 12.4 Å². The number of aromatic nitrogens is 4. The van der Waals surface area contributed by atoms with E-state index in [-0.39, 0.29) is 17.2 Å². The summed E-state index contributed by atoms with van der Waals surface area (Å²) in [7, 11) is 1.22. The standard InChI is InChI=1S/C9H9N5O3/c1-17-9(16)6-5(10)4-14(13-6)7-8(15)12-3-2-11-7/h2-4H,10H2,1H3,(H,12,15). The lowest BCUT2D eigenvalue weighted by Gasteiger charge is -1.96. The Morgan fingerprint density at radius 1 is 1.59 bits per heavy atom. The first-order valence-corrected chi connectivity index (χ1v) is 4.61. The van der Waals surface area contributed by atoms with E-state index in [1.165, 1.54) is 25.7 Å². The number of methoxy groups -OCH3 is 1. The highest BCUT2D eigenvalue weighted by atomic mass is 16.5. The molecule has 0 unspecified atom stereocenters. The fraction of sp³-hybridized carbons (Fsp3) is 0.111. The average molecular weight is 235 g/mol. The highest BCUT2D eigenvalue weighted by Crippen LogP contribution is 2.11. The van der Waals surface area contributed by atoms with Gasteiger partial charge in [-0.3, -0.25) is 4.79 Å². The van der Waals surface area contributed by atoms with Crippen LogP contribution in [0.2, 0.25) is 0 Å². The molecule has 2 aromatic heterocycles. The molecule has 0 atom stereocenters. The maximum absolute atomic E-state index is 11.4. The molecule has 0 aliphatic heterocycles. The minimum atomic E-state index is -0.673. The molecule has 2 rings (SSSR count). The summed E-state index contributed by atoms with van der Waals surface area (Å²) in [6, 6.07) is 0. The van der Waals surface area contributed by atoms with Gasteiger partial charge in [0.1, 0.15) is 0 Å². The third-order valence-electron chi connectivity index (χ3n) is 2.03. The first-order chi connectivity index (χ1) is 8.13. The van der Waals surface area contributed by atoms with E-state index < -0.39 is 11.5 Å². The molecule has 17 heavy (non-hydrogen) atoms. The van der Waals surface area contributed by atoms with Crippen molar-refractivity contribution >= 4 is 11.7 Å². The molecule has 8 nitrogen and oxygen atoms in total. The number of nitrogens with one attached hydrogen (secondary N) is 1. The number of esters is 1. The van der Waals surface area contributed by atoms with Gasteiger partial charge < -0.3 is 15.5 Å². The second-order valence-electron chi connectivity index (χ2n) is 3.11. The normalized spacial score (nSPS) is 10.2. The maximum atomic E-state index is 11.4. The second kappa shape index (κ2) is 4.08. The van der Waals surface area contributed by atoms with Crippen molar-refractivity contribution in [3.05, 3.63) is 34.6 Å². The van der Waals surface area contributed by atoms with Crippen molar-refractivity contribution in [2.75, 3.05) is 12.8 Å². The Bertz CT molecular complexity index is 615. The minimum absolute atomic E-state index is 0.0225. The molecule has 0 spiro atoms. The van der Waals surface area contributed by atoms with Gasteiger partial charge in [-0.05, 0) is 0 Å². The van der Waals surface area contributed by atoms with Crippen LogP contribution in [0.5, 0.6) is 0 Å². The number of anilines is 1. The Balaban J connectivity index is 2.52. The van der Waals surface area contributed by atoms with Crippen LogP contribution in [0.15, 0.2) is 23.4 Å². The number of rotatable bonds is 2. The van der Waals surface area contributed by atoms with E-state index in [0.717, 1.165) is 4.68 Å². The Hall–Kier alpha value is -2.64. The molecule has 0 saturated heterocycles. The Labute approximate surface area is 95.0 Å². The van der Waals surface area contributed by atoms with Gasteiger partial charge in [0.25, 0.3) is 5.56 Å². The number of aromatic amines is 1. The van der Waals surface area contributed by atoms with Crippen molar-refractivity contribution in [2.24, 2.45) is 0 Å². The van der Waals surface area contributed by atoms with Gasteiger partial charge in [0.2, 0.25) is 5.82 Å². The van der Waals surface area contributed by atoms with Crippen LogP contribution in [0.4, 0.5) is 5.69 Å². The number of nitrogens with zero attached hydrogens (tertiary/aromatic N) is 3. The van der Waals surface area contributed by atoms with Crippen molar-refractivity contribution in [3.8, 4) is 5.82 Å². The fourth-order valence-corrected chi connectivity index (χ4v) is 1.26. The fourth-order valence-electron chi connectivity index (χ4n) is 1.26. The first kappa shape index (κ1) is 10.9. The van der Waals surface area contributed by atoms with E-state index in [1.54, 1.807) is 0 Å². The second-order valence-corrected chi connectivity index (χ2v) is 3.11. The molecule has 0 fully saturated rings. The lowest BCUT2D eigenvalue weighted by atomic mass is 10.4. The van der Waals surface area contributed by atoms with E-state index in [9.17, 15) is 9.59 Å². The average Bonchev–Trinajstić information content (AvgIpc) is 2.71. The predicted octanol–water partition coefficient (Wildman–Crippen LogP) is -0.676. The molecule has 2 aromatic rings. The smallest absolute Gasteiger partial charge is 0.360 e. The van der Waals surface area contributed by atoms with Crippen molar-refractivity contribution in [1.82, 2.24) is 19.7 Å². The molecular formula is C9H9N5O3. The number of hydrogen-bond donors (Lipinski definition) is 2. The number of hydrogen-bond acceptors (Lipinski definition) is 6. The predicted molar refractivity (Wildman–Crippen MR) is 57.7 cm³/mol. The number of nitrogens with two attached hydrogens (primary N) is 1. The maximum Gasteiger partial charge on any atom is 0.360 e. The number of nitrogen functional groups attached to an aromatic ring is 1. The summed E-state index contributed by atoms with van der Waals surface area (Å²) in [4.78, 5) is 29.0. The van der Waals surface area contributed by atoms with Gasteiger partial charge in [-0.25, -0.2) is 14.5 Å². The van der Waals surface area contributed by atoms with Crippen LogP contribution in [0.25, 0.3) is 5.82 Å². The monoisotopic (exact) mass is 235 g/mol. The molecule has 0 amide bonds. The molecule has 0 radical (unpaired) electrons. The largest absolute Gasteiger partial charge is 0.464 e. The number of ether oxygens (including phenoxy) is 1. The van der Waals surface area contributed by atoms with Crippen LogP contribution in [-0.2, 0) is 4.74 Å². The van der Waals surface area contributed by atoms with Gasteiger partial charge in [-0.2, -0.15) is 5.10 Å². The summed E-state index contributed by atoms with van der Waals surface area (Å²) in [5.41, 5.74) is 5.20. The lowest BCUT2D eigenvalue weighted by molar-refractivity contribution is 0.0594. The zero-order valence-corrected chi connectivity index (χ0v) is 8.88. The van der Waals surface area contributed by atoms with E-state index >= 15 is 0 Å². The first-order valence-electron chi connectivity index (χ1n) is 4.61. The summed E-state index contributed by atoms with van der Waals surface area (Å²) in [5, 5.41) is 3.85. The summed E-state index contributed by atoms with van der Waals surface area (Å²) in [5.74, 6) is -0.650. The molecule has 0 saturated carbocycles. The number of carbonyl (C=O) groups is 1. The van der Waals surface area contributed by atoms with E-state index in [4.69, 9.17) is 5.73 Å². The molecule has 0 aliphatic rings. The van der Waals surface area contributed by atoms with E-state index in [0.29, 0.717) is 0 Å². The SMILES string of the molecule is COC(=O)c1nn(-c2ncc[nH]c2=O)cc1N. The van der Waals surface area contributed by atoms with Crippen LogP contribution in [0.1, 0.15) is 10.5 Å². The van der Waals surface area contributed by atoms with Crippen LogP contribution in [0, 0.1) is 0 Å². The molecule has 8 heteroatoms. The van der Waals surface area contributed by atoms with Crippen LogP contribution >= 0.6 is 0 Å². The molecular weight excluding hydrogens is 226 g/mol. The molecule has 3 N–H and O–H groups in total. The van der Waals surface area contributed by atoms with Gasteiger partial charge in [0.15, 0.2) is 5.69 Å². The molecule has 0 aromatic carbocycles. The summed E-state index contributed by atoms with van der Waals surface area (Å²) >= 11 is 0. The van der Waals surface area contributed by atoms with Crippen molar-refractivity contribution in [3.63, 3.8) is 0 Å². The van der Waals surface area contributed by atoms with Gasteiger partial charge in [-0.15, -0.1) is 0 Å². The number of carbonyl (C=O) groups excluding carboxylic acids is 1. The Kier molecular flexibility index (Phi) is 2.61. The van der Waals surface area contributed by atoms with Gasteiger partial charge >= 0.3 is 5.97 Å². The summed E-state index contributed by atoms with van der Waals surface area (Å²) < 4.78 is 5.62. The molecule has 0 aliphatic carbocycles. The zero-order chi connectivity index (χ0) is 12.4. The van der Waals surface area contributed by atoms with Gasteiger partial charge in [0.05, 0.1) is 19.0 Å². The van der Waals surface area contributed by atoms with Crippen molar-refractivity contribution in [2.45, 2.75) is 0 Å².